The molecule has 2 unspecified atom stereocenters. The molecule has 5 nitrogen and oxygen atoms in total. The molecule has 7 heteroatoms. The topological polar surface area (TPSA) is 64.2 Å². The van der Waals surface area contributed by atoms with Crippen LogP contribution in [0.2, 0.25) is 0 Å². The normalized spacial score (nSPS) is 13.0. The zero-order valence-corrected chi connectivity index (χ0v) is 17.6. The van der Waals surface area contributed by atoms with Crippen molar-refractivity contribution >= 4 is 30.7 Å². The van der Waals surface area contributed by atoms with Gasteiger partial charge in [-0.05, 0) is 38.2 Å². The Kier molecular flexibility index (Phi) is 11.6. The number of carbonyl (C=O) groups excluding carboxylic acids is 1. The Labute approximate surface area is 159 Å². The molecule has 0 saturated carbocycles. The van der Waals surface area contributed by atoms with E-state index in [-0.39, 0.29) is 42.7 Å². The van der Waals surface area contributed by atoms with Crippen molar-refractivity contribution in [3.8, 4) is 0 Å². The van der Waals surface area contributed by atoms with E-state index >= 15 is 0 Å². The van der Waals surface area contributed by atoms with E-state index in [1.807, 2.05) is 37.5 Å². The summed E-state index contributed by atoms with van der Waals surface area (Å²) < 4.78 is 1.88. The summed E-state index contributed by atoms with van der Waals surface area (Å²) in [5, 5.41) is 4.42. The molecular formula is C17H34Cl2N4O. The van der Waals surface area contributed by atoms with Crippen molar-refractivity contribution < 1.29 is 4.79 Å². The zero-order chi connectivity index (χ0) is 17.0. The maximum absolute atomic E-state index is 12.5. The number of nitrogens with zero attached hydrogens (tertiary/aromatic N) is 3. The third-order valence-electron chi connectivity index (χ3n) is 4.62. The average Bonchev–Trinajstić information content (AvgIpc) is 2.69. The van der Waals surface area contributed by atoms with Crippen LogP contribution in [-0.2, 0) is 18.3 Å². The molecule has 1 aromatic rings. The molecule has 24 heavy (non-hydrogen) atoms. The Morgan fingerprint density at radius 1 is 1.25 bits per heavy atom. The van der Waals surface area contributed by atoms with Gasteiger partial charge in [0.15, 0.2) is 0 Å². The molecule has 2 N–H and O–H groups in total. The minimum Gasteiger partial charge on any atom is -0.345 e. The van der Waals surface area contributed by atoms with E-state index in [2.05, 4.69) is 25.9 Å². The highest BCUT2D eigenvalue weighted by Gasteiger charge is 2.21. The monoisotopic (exact) mass is 380 g/mol. The van der Waals surface area contributed by atoms with E-state index in [1.54, 1.807) is 0 Å². The van der Waals surface area contributed by atoms with E-state index in [0.717, 1.165) is 24.2 Å². The molecule has 0 aliphatic heterocycles. The first-order valence-electron chi connectivity index (χ1n) is 8.14. The van der Waals surface area contributed by atoms with Gasteiger partial charge in [-0.3, -0.25) is 9.48 Å². The lowest BCUT2D eigenvalue weighted by Crippen LogP contribution is -2.37. The summed E-state index contributed by atoms with van der Waals surface area (Å²) in [7, 11) is 3.81. The predicted molar refractivity (Wildman–Crippen MR) is 105 cm³/mol. The molecule has 0 aliphatic rings. The van der Waals surface area contributed by atoms with Gasteiger partial charge in [-0.25, -0.2) is 0 Å². The first-order valence-corrected chi connectivity index (χ1v) is 8.14. The van der Waals surface area contributed by atoms with Gasteiger partial charge in [-0.1, -0.05) is 20.8 Å². The van der Waals surface area contributed by atoms with E-state index < -0.39 is 0 Å². The fourth-order valence-corrected chi connectivity index (χ4v) is 2.67. The van der Waals surface area contributed by atoms with Gasteiger partial charge >= 0.3 is 0 Å². The molecule has 2 atom stereocenters. The second kappa shape index (κ2) is 11.0. The third kappa shape index (κ3) is 6.61. The lowest BCUT2D eigenvalue weighted by atomic mass is 9.97. The molecule has 1 amide bonds. The SMILES string of the molecule is Cc1nn(C)c(C)c1CC(C)C(=O)N(C)CCC(N)C(C)C.Cl.Cl. The Balaban J connectivity index is 0. The van der Waals surface area contributed by atoms with Gasteiger partial charge in [0.05, 0.1) is 5.69 Å². The molecule has 0 saturated heterocycles. The molecule has 1 heterocycles. The maximum atomic E-state index is 12.5. The van der Waals surface area contributed by atoms with Gasteiger partial charge in [-0.15, -0.1) is 24.8 Å². The number of rotatable bonds is 7. The Morgan fingerprint density at radius 3 is 2.21 bits per heavy atom. The van der Waals surface area contributed by atoms with Gasteiger partial charge < -0.3 is 10.6 Å². The highest BCUT2D eigenvalue weighted by atomic mass is 35.5. The second-order valence-corrected chi connectivity index (χ2v) is 6.83. The van der Waals surface area contributed by atoms with Crippen LogP contribution in [0.5, 0.6) is 0 Å². The van der Waals surface area contributed by atoms with Crippen molar-refractivity contribution in [3.05, 3.63) is 17.0 Å². The third-order valence-corrected chi connectivity index (χ3v) is 4.62. The molecular weight excluding hydrogens is 347 g/mol. The van der Waals surface area contributed by atoms with Gasteiger partial charge in [0.2, 0.25) is 5.91 Å². The number of carbonyl (C=O) groups is 1. The van der Waals surface area contributed by atoms with Crippen LogP contribution in [0.15, 0.2) is 0 Å². The number of hydrogen-bond donors (Lipinski definition) is 1. The second-order valence-electron chi connectivity index (χ2n) is 6.83. The van der Waals surface area contributed by atoms with E-state index in [0.29, 0.717) is 12.5 Å². The number of halogens is 2. The van der Waals surface area contributed by atoms with E-state index in [4.69, 9.17) is 5.73 Å². The summed E-state index contributed by atoms with van der Waals surface area (Å²) in [6.45, 7) is 11.0. The van der Waals surface area contributed by atoms with Crippen LogP contribution >= 0.6 is 24.8 Å². The summed E-state index contributed by atoms with van der Waals surface area (Å²) in [4.78, 5) is 14.3. The van der Waals surface area contributed by atoms with Crippen molar-refractivity contribution in [2.24, 2.45) is 24.6 Å². The number of hydrogen-bond acceptors (Lipinski definition) is 3. The summed E-state index contributed by atoms with van der Waals surface area (Å²) in [6, 6.07) is 0.147. The lowest BCUT2D eigenvalue weighted by Gasteiger charge is -2.24. The van der Waals surface area contributed by atoms with Gasteiger partial charge in [0.25, 0.3) is 0 Å². The fourth-order valence-electron chi connectivity index (χ4n) is 2.67. The van der Waals surface area contributed by atoms with Gasteiger partial charge in [-0.2, -0.15) is 5.10 Å². The van der Waals surface area contributed by atoms with Crippen LogP contribution in [0.1, 0.15) is 44.1 Å². The minimum absolute atomic E-state index is 0. The zero-order valence-electron chi connectivity index (χ0n) is 16.0. The number of aryl methyl sites for hydroxylation is 2. The van der Waals surface area contributed by atoms with Gasteiger partial charge in [0, 0.05) is 38.3 Å². The molecule has 0 spiro atoms. The Hall–Kier alpha value is -0.780. The molecule has 0 aliphatic carbocycles. The summed E-state index contributed by atoms with van der Waals surface area (Å²) in [5.41, 5.74) is 9.41. The molecule has 142 valence electrons. The Morgan fingerprint density at radius 2 is 1.79 bits per heavy atom. The first-order chi connectivity index (χ1) is 10.1. The summed E-state index contributed by atoms with van der Waals surface area (Å²) in [6.07, 6.45) is 1.59. The van der Waals surface area contributed by atoms with Crippen molar-refractivity contribution in [1.29, 1.82) is 0 Å². The van der Waals surface area contributed by atoms with Crippen LogP contribution in [-0.4, -0.2) is 40.2 Å². The van der Waals surface area contributed by atoms with Crippen molar-refractivity contribution in [2.75, 3.05) is 13.6 Å². The van der Waals surface area contributed by atoms with Crippen molar-refractivity contribution in [3.63, 3.8) is 0 Å². The molecule has 0 radical (unpaired) electrons. The average molecular weight is 381 g/mol. The standard InChI is InChI=1S/C17H32N4O.2ClH/c1-11(2)16(18)8-9-20(6)17(22)12(3)10-15-13(4)19-21(7)14(15)5;;/h11-12,16H,8-10,18H2,1-7H3;2*1H. The minimum atomic E-state index is -0.0399. The van der Waals surface area contributed by atoms with Crippen LogP contribution in [0, 0.1) is 25.7 Å². The molecule has 0 aromatic carbocycles. The van der Waals surface area contributed by atoms with Crippen molar-refractivity contribution in [1.82, 2.24) is 14.7 Å². The van der Waals surface area contributed by atoms with Gasteiger partial charge in [0.1, 0.15) is 0 Å². The lowest BCUT2D eigenvalue weighted by molar-refractivity contribution is -0.133. The van der Waals surface area contributed by atoms with E-state index in [1.165, 1.54) is 5.56 Å². The van der Waals surface area contributed by atoms with Crippen LogP contribution in [0.25, 0.3) is 0 Å². The van der Waals surface area contributed by atoms with Crippen LogP contribution in [0.3, 0.4) is 0 Å². The maximum Gasteiger partial charge on any atom is 0.225 e. The Bertz CT molecular complexity index is 517. The summed E-state index contributed by atoms with van der Waals surface area (Å²) >= 11 is 0. The smallest absolute Gasteiger partial charge is 0.225 e. The predicted octanol–water partition coefficient (Wildman–Crippen LogP) is 2.89. The number of aromatic nitrogens is 2. The molecule has 1 rings (SSSR count). The first kappa shape index (κ1) is 25.5. The quantitative estimate of drug-likeness (QED) is 0.790. The highest BCUT2D eigenvalue weighted by Crippen LogP contribution is 2.18. The largest absolute Gasteiger partial charge is 0.345 e. The number of amides is 1. The molecule has 0 bridgehead atoms. The molecule has 1 aromatic heterocycles. The van der Waals surface area contributed by atoms with Crippen LogP contribution < -0.4 is 5.73 Å². The highest BCUT2D eigenvalue weighted by molar-refractivity contribution is 5.85. The van der Waals surface area contributed by atoms with E-state index in [9.17, 15) is 4.79 Å². The fraction of sp³-hybridized carbons (Fsp3) is 0.765. The van der Waals surface area contributed by atoms with Crippen LogP contribution in [0.4, 0.5) is 0 Å². The van der Waals surface area contributed by atoms with Crippen molar-refractivity contribution in [2.45, 2.75) is 53.5 Å². The number of nitrogens with two attached hydrogens (primary N) is 1. The molecule has 0 fully saturated rings. The summed E-state index contributed by atoms with van der Waals surface area (Å²) in [5.74, 6) is 0.585.